The molecule has 104 valence electrons. The van der Waals surface area contributed by atoms with Crippen LogP contribution in [-0.2, 0) is 0 Å². The molecule has 0 fully saturated rings. The second-order valence-electron chi connectivity index (χ2n) is 4.91. The van der Waals surface area contributed by atoms with Crippen LogP contribution in [0.4, 0.5) is 11.4 Å². The number of carbonyl (C=O) groups is 1. The molecule has 2 aromatic rings. The molecule has 0 atom stereocenters. The van der Waals surface area contributed by atoms with Crippen molar-refractivity contribution in [2.75, 3.05) is 17.2 Å². The molecule has 0 aromatic heterocycles. The molecule has 0 saturated heterocycles. The molecule has 0 radical (unpaired) electrons. The first-order valence-corrected chi connectivity index (χ1v) is 6.78. The first-order chi connectivity index (χ1) is 9.54. The minimum Gasteiger partial charge on any atom is -0.397 e. The number of benzene rings is 2. The average molecular weight is 268 g/mol. The molecule has 0 spiro atoms. The van der Waals surface area contributed by atoms with Crippen molar-refractivity contribution in [3.8, 4) is 0 Å². The van der Waals surface area contributed by atoms with Crippen LogP contribution >= 0.6 is 0 Å². The zero-order valence-electron chi connectivity index (χ0n) is 12.2. The van der Waals surface area contributed by atoms with Crippen molar-refractivity contribution in [1.82, 2.24) is 0 Å². The summed E-state index contributed by atoms with van der Waals surface area (Å²) in [7, 11) is 0. The van der Waals surface area contributed by atoms with Crippen LogP contribution in [0.2, 0.25) is 0 Å². The maximum atomic E-state index is 12.7. The van der Waals surface area contributed by atoms with Crippen molar-refractivity contribution < 1.29 is 4.79 Å². The molecule has 0 aliphatic rings. The van der Waals surface area contributed by atoms with E-state index in [-0.39, 0.29) is 5.91 Å². The minimum atomic E-state index is -0.0199. The van der Waals surface area contributed by atoms with E-state index in [2.05, 4.69) is 0 Å². The number of para-hydroxylation sites is 2. The molecule has 0 unspecified atom stereocenters. The molecule has 3 heteroatoms. The van der Waals surface area contributed by atoms with Gasteiger partial charge < -0.3 is 10.6 Å². The van der Waals surface area contributed by atoms with Crippen molar-refractivity contribution in [2.45, 2.75) is 20.8 Å². The van der Waals surface area contributed by atoms with Gasteiger partial charge in [0.05, 0.1) is 11.4 Å². The molecule has 1 amide bonds. The Labute approximate surface area is 120 Å². The third-order valence-electron chi connectivity index (χ3n) is 3.54. The van der Waals surface area contributed by atoms with Gasteiger partial charge in [0.15, 0.2) is 0 Å². The van der Waals surface area contributed by atoms with Gasteiger partial charge >= 0.3 is 0 Å². The number of nitrogen functional groups attached to an aromatic ring is 1. The van der Waals surface area contributed by atoms with E-state index < -0.39 is 0 Å². The molecule has 2 N–H and O–H groups in total. The van der Waals surface area contributed by atoms with Gasteiger partial charge in [-0.05, 0) is 56.2 Å². The highest BCUT2D eigenvalue weighted by Crippen LogP contribution is 2.24. The molecular formula is C17H20N2O. The number of hydrogen-bond acceptors (Lipinski definition) is 2. The smallest absolute Gasteiger partial charge is 0.258 e. The van der Waals surface area contributed by atoms with Crippen molar-refractivity contribution in [1.29, 1.82) is 0 Å². The SMILES string of the molecule is CCN(C(=O)c1ccc(C)c(C)c1)c1ccccc1N. The molecule has 3 nitrogen and oxygen atoms in total. The Bertz CT molecular complexity index is 635. The average Bonchev–Trinajstić information content (AvgIpc) is 2.44. The van der Waals surface area contributed by atoms with Gasteiger partial charge in [0.2, 0.25) is 0 Å². The number of anilines is 2. The van der Waals surface area contributed by atoms with E-state index in [9.17, 15) is 4.79 Å². The highest BCUT2D eigenvalue weighted by Gasteiger charge is 2.18. The third-order valence-corrected chi connectivity index (χ3v) is 3.54. The van der Waals surface area contributed by atoms with Crippen molar-refractivity contribution in [3.05, 3.63) is 59.2 Å². The van der Waals surface area contributed by atoms with Gasteiger partial charge in [-0.15, -0.1) is 0 Å². The maximum absolute atomic E-state index is 12.7. The standard InChI is InChI=1S/C17H20N2O/c1-4-19(16-8-6-5-7-15(16)18)17(20)14-10-9-12(2)13(3)11-14/h5-11H,4,18H2,1-3H3. The van der Waals surface area contributed by atoms with E-state index in [1.807, 2.05) is 63.2 Å². The topological polar surface area (TPSA) is 46.3 Å². The van der Waals surface area contributed by atoms with Gasteiger partial charge in [-0.1, -0.05) is 18.2 Å². The molecule has 2 aromatic carbocycles. The highest BCUT2D eigenvalue weighted by atomic mass is 16.2. The summed E-state index contributed by atoms with van der Waals surface area (Å²) in [5.74, 6) is -0.0199. The van der Waals surface area contributed by atoms with Gasteiger partial charge in [0.1, 0.15) is 0 Å². The largest absolute Gasteiger partial charge is 0.397 e. The monoisotopic (exact) mass is 268 g/mol. The Morgan fingerprint density at radius 1 is 1.10 bits per heavy atom. The molecule has 0 bridgehead atoms. The lowest BCUT2D eigenvalue weighted by molar-refractivity contribution is 0.0988. The minimum absolute atomic E-state index is 0.0199. The molecule has 2 rings (SSSR count). The predicted molar refractivity (Wildman–Crippen MR) is 84.1 cm³/mol. The van der Waals surface area contributed by atoms with Crippen LogP contribution in [0.25, 0.3) is 0 Å². The van der Waals surface area contributed by atoms with Gasteiger partial charge in [-0.2, -0.15) is 0 Å². The van der Waals surface area contributed by atoms with Crippen LogP contribution < -0.4 is 10.6 Å². The normalized spacial score (nSPS) is 10.3. The zero-order valence-corrected chi connectivity index (χ0v) is 12.2. The lowest BCUT2D eigenvalue weighted by Gasteiger charge is -2.23. The summed E-state index contributed by atoms with van der Waals surface area (Å²) in [6, 6.07) is 13.2. The summed E-state index contributed by atoms with van der Waals surface area (Å²) in [6.45, 7) is 6.58. The number of nitrogens with two attached hydrogens (primary N) is 1. The quantitative estimate of drug-likeness (QED) is 0.865. The zero-order chi connectivity index (χ0) is 14.7. The molecule has 0 aliphatic heterocycles. The van der Waals surface area contributed by atoms with Crippen LogP contribution in [0.3, 0.4) is 0 Å². The Balaban J connectivity index is 2.39. The number of aryl methyl sites for hydroxylation is 2. The summed E-state index contributed by atoms with van der Waals surface area (Å²) < 4.78 is 0. The van der Waals surface area contributed by atoms with E-state index in [0.29, 0.717) is 17.8 Å². The van der Waals surface area contributed by atoms with E-state index in [0.717, 1.165) is 11.3 Å². The summed E-state index contributed by atoms with van der Waals surface area (Å²) in [6.07, 6.45) is 0. The number of hydrogen-bond donors (Lipinski definition) is 1. The van der Waals surface area contributed by atoms with E-state index in [1.165, 1.54) is 5.56 Å². The fraction of sp³-hybridized carbons (Fsp3) is 0.235. The summed E-state index contributed by atoms with van der Waals surface area (Å²) in [5.41, 5.74) is 10.3. The van der Waals surface area contributed by atoms with Crippen molar-refractivity contribution in [3.63, 3.8) is 0 Å². The lowest BCUT2D eigenvalue weighted by atomic mass is 10.1. The Hall–Kier alpha value is -2.29. The summed E-state index contributed by atoms with van der Waals surface area (Å²) in [5, 5.41) is 0. The second kappa shape index (κ2) is 5.78. The van der Waals surface area contributed by atoms with E-state index in [1.54, 1.807) is 4.90 Å². The van der Waals surface area contributed by atoms with Crippen LogP contribution in [0.1, 0.15) is 28.4 Å². The predicted octanol–water partition coefficient (Wildman–Crippen LogP) is 3.55. The first-order valence-electron chi connectivity index (χ1n) is 6.78. The maximum Gasteiger partial charge on any atom is 0.258 e. The lowest BCUT2D eigenvalue weighted by Crippen LogP contribution is -2.31. The molecule has 0 aliphatic carbocycles. The molecular weight excluding hydrogens is 248 g/mol. The van der Waals surface area contributed by atoms with Crippen molar-refractivity contribution in [2.24, 2.45) is 0 Å². The van der Waals surface area contributed by atoms with Crippen LogP contribution in [-0.4, -0.2) is 12.5 Å². The van der Waals surface area contributed by atoms with Crippen LogP contribution in [0.15, 0.2) is 42.5 Å². The van der Waals surface area contributed by atoms with Crippen LogP contribution in [0, 0.1) is 13.8 Å². The molecule has 0 saturated carbocycles. The van der Waals surface area contributed by atoms with Gasteiger partial charge in [0, 0.05) is 12.1 Å². The van der Waals surface area contributed by atoms with Gasteiger partial charge in [0.25, 0.3) is 5.91 Å². The van der Waals surface area contributed by atoms with Crippen molar-refractivity contribution >= 4 is 17.3 Å². The first kappa shape index (κ1) is 14.1. The van der Waals surface area contributed by atoms with Crippen LogP contribution in [0.5, 0.6) is 0 Å². The summed E-state index contributed by atoms with van der Waals surface area (Å²) >= 11 is 0. The van der Waals surface area contributed by atoms with Gasteiger partial charge in [-0.25, -0.2) is 0 Å². The fourth-order valence-electron chi connectivity index (χ4n) is 2.19. The number of nitrogens with zero attached hydrogens (tertiary/aromatic N) is 1. The Morgan fingerprint density at radius 3 is 2.40 bits per heavy atom. The Kier molecular flexibility index (Phi) is 4.08. The molecule has 20 heavy (non-hydrogen) atoms. The number of amides is 1. The number of rotatable bonds is 3. The fourth-order valence-corrected chi connectivity index (χ4v) is 2.19. The van der Waals surface area contributed by atoms with E-state index in [4.69, 9.17) is 5.73 Å². The van der Waals surface area contributed by atoms with Gasteiger partial charge in [-0.3, -0.25) is 4.79 Å². The summed E-state index contributed by atoms with van der Waals surface area (Å²) in [4.78, 5) is 14.4. The number of carbonyl (C=O) groups excluding carboxylic acids is 1. The second-order valence-corrected chi connectivity index (χ2v) is 4.91. The molecule has 0 heterocycles. The highest BCUT2D eigenvalue weighted by molar-refractivity contribution is 6.07. The Morgan fingerprint density at radius 2 is 1.80 bits per heavy atom. The van der Waals surface area contributed by atoms with E-state index >= 15 is 0 Å². The third kappa shape index (κ3) is 2.67.